The van der Waals surface area contributed by atoms with Crippen LogP contribution in [0.5, 0.6) is 11.5 Å². The highest BCUT2D eigenvalue weighted by atomic mass is 79.9. The lowest BCUT2D eigenvalue weighted by molar-refractivity contribution is 0.294. The lowest BCUT2D eigenvalue weighted by Crippen LogP contribution is -2.03. The Hall–Kier alpha value is -0.740. The lowest BCUT2D eigenvalue weighted by Gasteiger charge is -2.17. The molecule has 4 heteroatoms. The standard InChI is InChI=1S/C13H17BrO3/c1-2-10-9(4-5-15)8-11(14)13-12(10)16-6-3-7-17-13/h8,15H,2-7H2,1H3. The predicted molar refractivity (Wildman–Crippen MR) is 69.9 cm³/mol. The van der Waals surface area contributed by atoms with Crippen LogP contribution in [0, 0.1) is 0 Å². The maximum atomic E-state index is 9.10. The monoisotopic (exact) mass is 300 g/mol. The molecule has 1 aromatic carbocycles. The minimum Gasteiger partial charge on any atom is -0.489 e. The average Bonchev–Trinajstić information content (AvgIpc) is 2.56. The van der Waals surface area contributed by atoms with Gasteiger partial charge in [-0.1, -0.05) is 6.92 Å². The highest BCUT2D eigenvalue weighted by Crippen LogP contribution is 2.42. The van der Waals surface area contributed by atoms with Gasteiger partial charge in [0.05, 0.1) is 17.7 Å². The number of halogens is 1. The van der Waals surface area contributed by atoms with Crippen LogP contribution in [0.15, 0.2) is 10.5 Å². The lowest BCUT2D eigenvalue weighted by atomic mass is 10.0. The third kappa shape index (κ3) is 2.58. The van der Waals surface area contributed by atoms with Gasteiger partial charge >= 0.3 is 0 Å². The molecule has 1 aromatic rings. The molecule has 94 valence electrons. The fraction of sp³-hybridized carbons (Fsp3) is 0.538. The Bertz CT molecular complexity index is 404. The summed E-state index contributed by atoms with van der Waals surface area (Å²) in [6.45, 7) is 3.63. The molecule has 0 radical (unpaired) electrons. The fourth-order valence-corrected chi connectivity index (χ4v) is 2.69. The van der Waals surface area contributed by atoms with Gasteiger partial charge in [0, 0.05) is 18.6 Å². The first-order chi connectivity index (χ1) is 8.27. The molecule has 1 aliphatic rings. The Kier molecular flexibility index (Phi) is 4.29. The second-order valence-corrected chi connectivity index (χ2v) is 4.89. The van der Waals surface area contributed by atoms with Crippen LogP contribution in [-0.2, 0) is 12.8 Å². The van der Waals surface area contributed by atoms with Gasteiger partial charge in [-0.3, -0.25) is 0 Å². The number of hydrogen-bond donors (Lipinski definition) is 1. The molecule has 0 saturated heterocycles. The molecule has 0 saturated carbocycles. The number of fused-ring (bicyclic) bond motifs is 1. The second kappa shape index (κ2) is 5.74. The highest BCUT2D eigenvalue weighted by Gasteiger charge is 2.20. The molecule has 0 aromatic heterocycles. The van der Waals surface area contributed by atoms with Gasteiger partial charge in [-0.15, -0.1) is 0 Å². The first kappa shape index (κ1) is 12.7. The van der Waals surface area contributed by atoms with Crippen LogP contribution >= 0.6 is 15.9 Å². The molecule has 1 N–H and O–H groups in total. The van der Waals surface area contributed by atoms with E-state index >= 15 is 0 Å². The molecule has 0 unspecified atom stereocenters. The molecule has 1 heterocycles. The van der Waals surface area contributed by atoms with Crippen LogP contribution in [0.2, 0.25) is 0 Å². The third-order valence-electron chi connectivity index (χ3n) is 2.90. The van der Waals surface area contributed by atoms with E-state index in [0.717, 1.165) is 39.9 Å². The van der Waals surface area contributed by atoms with E-state index in [0.29, 0.717) is 19.6 Å². The van der Waals surface area contributed by atoms with E-state index in [9.17, 15) is 0 Å². The second-order valence-electron chi connectivity index (χ2n) is 4.03. The molecule has 0 fully saturated rings. The topological polar surface area (TPSA) is 38.7 Å². The van der Waals surface area contributed by atoms with Crippen LogP contribution < -0.4 is 9.47 Å². The minimum absolute atomic E-state index is 0.152. The summed E-state index contributed by atoms with van der Waals surface area (Å²) in [5.74, 6) is 1.66. The Morgan fingerprint density at radius 3 is 2.65 bits per heavy atom. The molecule has 17 heavy (non-hydrogen) atoms. The highest BCUT2D eigenvalue weighted by molar-refractivity contribution is 9.10. The normalized spacial score (nSPS) is 14.5. The summed E-state index contributed by atoms with van der Waals surface area (Å²) < 4.78 is 12.4. The summed E-state index contributed by atoms with van der Waals surface area (Å²) in [5.41, 5.74) is 2.28. The summed E-state index contributed by atoms with van der Waals surface area (Å²) in [5, 5.41) is 9.10. The van der Waals surface area contributed by atoms with Crippen molar-refractivity contribution in [1.29, 1.82) is 0 Å². The molecule has 2 rings (SSSR count). The van der Waals surface area contributed by atoms with E-state index in [1.165, 1.54) is 0 Å². The first-order valence-electron chi connectivity index (χ1n) is 5.98. The Morgan fingerprint density at radius 2 is 2.00 bits per heavy atom. The molecule has 1 aliphatic heterocycles. The van der Waals surface area contributed by atoms with Gasteiger partial charge in [-0.2, -0.15) is 0 Å². The number of hydrogen-bond acceptors (Lipinski definition) is 3. The SMILES string of the molecule is CCc1c(CCO)cc(Br)c2c1OCCCO2. The van der Waals surface area contributed by atoms with Crippen molar-refractivity contribution in [2.45, 2.75) is 26.2 Å². The minimum atomic E-state index is 0.152. The van der Waals surface area contributed by atoms with Gasteiger partial charge in [0.1, 0.15) is 0 Å². The number of benzene rings is 1. The molecule has 0 bridgehead atoms. The van der Waals surface area contributed by atoms with Crippen molar-refractivity contribution in [3.63, 3.8) is 0 Å². The van der Waals surface area contributed by atoms with E-state index in [1.807, 2.05) is 6.07 Å². The zero-order valence-electron chi connectivity index (χ0n) is 9.96. The molecule has 0 spiro atoms. The summed E-state index contributed by atoms with van der Waals surface area (Å²) in [6.07, 6.45) is 2.44. The van der Waals surface area contributed by atoms with Crippen LogP contribution in [0.3, 0.4) is 0 Å². The van der Waals surface area contributed by atoms with Gasteiger partial charge < -0.3 is 14.6 Å². The number of ether oxygens (including phenoxy) is 2. The smallest absolute Gasteiger partial charge is 0.175 e. The van der Waals surface area contributed by atoms with E-state index < -0.39 is 0 Å². The van der Waals surface area contributed by atoms with Gasteiger partial charge in [0.2, 0.25) is 0 Å². The Labute approximate surface area is 110 Å². The summed E-state index contributed by atoms with van der Waals surface area (Å²) in [6, 6.07) is 2.03. The maximum absolute atomic E-state index is 9.10. The van der Waals surface area contributed by atoms with E-state index in [1.54, 1.807) is 0 Å². The van der Waals surface area contributed by atoms with Crippen molar-refractivity contribution in [2.75, 3.05) is 19.8 Å². The van der Waals surface area contributed by atoms with Crippen molar-refractivity contribution in [2.24, 2.45) is 0 Å². The Balaban J connectivity index is 2.52. The van der Waals surface area contributed by atoms with Gasteiger partial charge in [0.15, 0.2) is 11.5 Å². The van der Waals surface area contributed by atoms with Crippen LogP contribution in [0.25, 0.3) is 0 Å². The van der Waals surface area contributed by atoms with Gasteiger partial charge in [0.25, 0.3) is 0 Å². The van der Waals surface area contributed by atoms with Crippen molar-refractivity contribution >= 4 is 15.9 Å². The zero-order valence-corrected chi connectivity index (χ0v) is 11.5. The predicted octanol–water partition coefficient (Wildman–Crippen LogP) is 2.71. The summed E-state index contributed by atoms with van der Waals surface area (Å²) in [7, 11) is 0. The molecular formula is C13H17BrO3. The molecular weight excluding hydrogens is 284 g/mol. The van der Waals surface area contributed by atoms with Crippen molar-refractivity contribution in [3.05, 3.63) is 21.7 Å². The van der Waals surface area contributed by atoms with Crippen LogP contribution in [0.4, 0.5) is 0 Å². The van der Waals surface area contributed by atoms with E-state index in [-0.39, 0.29) is 6.61 Å². The molecule has 0 amide bonds. The Morgan fingerprint density at radius 1 is 1.29 bits per heavy atom. The van der Waals surface area contributed by atoms with E-state index in [2.05, 4.69) is 22.9 Å². The average molecular weight is 301 g/mol. The zero-order chi connectivity index (χ0) is 12.3. The van der Waals surface area contributed by atoms with Gasteiger partial charge in [-0.25, -0.2) is 0 Å². The summed E-state index contributed by atoms with van der Waals surface area (Å²) in [4.78, 5) is 0. The number of aliphatic hydroxyl groups excluding tert-OH is 1. The summed E-state index contributed by atoms with van der Waals surface area (Å²) >= 11 is 3.51. The van der Waals surface area contributed by atoms with Gasteiger partial charge in [-0.05, 0) is 40.4 Å². The van der Waals surface area contributed by atoms with Crippen molar-refractivity contribution < 1.29 is 14.6 Å². The number of aliphatic hydroxyl groups is 1. The molecule has 3 nitrogen and oxygen atoms in total. The first-order valence-corrected chi connectivity index (χ1v) is 6.78. The van der Waals surface area contributed by atoms with Crippen LogP contribution in [0.1, 0.15) is 24.5 Å². The molecule has 0 atom stereocenters. The maximum Gasteiger partial charge on any atom is 0.175 e. The van der Waals surface area contributed by atoms with Crippen molar-refractivity contribution in [1.82, 2.24) is 0 Å². The third-order valence-corrected chi connectivity index (χ3v) is 3.49. The number of rotatable bonds is 3. The molecule has 0 aliphatic carbocycles. The largest absolute Gasteiger partial charge is 0.489 e. The van der Waals surface area contributed by atoms with Crippen molar-refractivity contribution in [3.8, 4) is 11.5 Å². The quantitative estimate of drug-likeness (QED) is 0.933. The fourth-order valence-electron chi connectivity index (χ4n) is 2.12. The van der Waals surface area contributed by atoms with Crippen LogP contribution in [-0.4, -0.2) is 24.9 Å². The van der Waals surface area contributed by atoms with E-state index in [4.69, 9.17) is 14.6 Å².